The summed E-state index contributed by atoms with van der Waals surface area (Å²) < 4.78 is 2.40. The second-order valence-electron chi connectivity index (χ2n) is 14.2. The molecule has 0 radical (unpaired) electrons. The molecule has 0 N–H and O–H groups in total. The molecular formula is C43H45N2+. The maximum Gasteiger partial charge on any atom is 0.210 e. The van der Waals surface area contributed by atoms with E-state index in [4.69, 9.17) is 0 Å². The van der Waals surface area contributed by atoms with Gasteiger partial charge in [0.25, 0.3) is 0 Å². The standard InChI is InChI=1S/C43H45N2/c1-30(2)27-28-45-37-26-24-33-18-11-13-20-35(33)41(37)43(5,29-31-15-8-7-9-16-31)39(45)22-14-21-38-42(3,4)40-34-19-12-10-17-32(34)23-25-36(40)44(38)6/h7-26,30H,27-29H2,1-6H3/q+1. The van der Waals surface area contributed by atoms with Crippen LogP contribution in [0.5, 0.6) is 0 Å². The molecule has 7 rings (SSSR count). The molecule has 2 heteroatoms. The Morgan fingerprint density at radius 1 is 0.733 bits per heavy atom. The van der Waals surface area contributed by atoms with Gasteiger partial charge in [-0.1, -0.05) is 105 Å². The van der Waals surface area contributed by atoms with Crippen molar-refractivity contribution in [1.82, 2.24) is 0 Å². The highest BCUT2D eigenvalue weighted by atomic mass is 15.2. The van der Waals surface area contributed by atoms with Gasteiger partial charge in [0.15, 0.2) is 5.71 Å². The van der Waals surface area contributed by atoms with Crippen LogP contribution in [-0.4, -0.2) is 23.9 Å². The quantitative estimate of drug-likeness (QED) is 0.171. The Morgan fingerprint density at radius 2 is 1.36 bits per heavy atom. The van der Waals surface area contributed by atoms with Gasteiger partial charge in [0, 0.05) is 41.1 Å². The van der Waals surface area contributed by atoms with E-state index >= 15 is 0 Å². The van der Waals surface area contributed by atoms with Gasteiger partial charge >= 0.3 is 0 Å². The van der Waals surface area contributed by atoms with Crippen molar-refractivity contribution in [3.63, 3.8) is 0 Å². The Balaban J connectivity index is 1.37. The Bertz CT molecular complexity index is 2010. The van der Waals surface area contributed by atoms with Crippen molar-refractivity contribution in [2.45, 2.75) is 58.3 Å². The molecule has 0 bridgehead atoms. The minimum Gasteiger partial charge on any atom is -0.344 e. The van der Waals surface area contributed by atoms with Crippen LogP contribution in [-0.2, 0) is 17.3 Å². The van der Waals surface area contributed by atoms with Crippen molar-refractivity contribution in [3.8, 4) is 0 Å². The van der Waals surface area contributed by atoms with Crippen molar-refractivity contribution in [2.75, 3.05) is 18.5 Å². The Labute approximate surface area is 269 Å². The normalized spacial score (nSPS) is 19.9. The molecule has 0 aromatic heterocycles. The number of nitrogens with zero attached hydrogens (tertiary/aromatic N) is 2. The summed E-state index contributed by atoms with van der Waals surface area (Å²) in [6.45, 7) is 12.9. The van der Waals surface area contributed by atoms with E-state index in [1.54, 1.807) is 0 Å². The molecule has 0 spiro atoms. The van der Waals surface area contributed by atoms with Gasteiger partial charge < -0.3 is 4.90 Å². The van der Waals surface area contributed by atoms with Crippen LogP contribution in [0.2, 0.25) is 0 Å². The largest absolute Gasteiger partial charge is 0.344 e. The van der Waals surface area contributed by atoms with Crippen LogP contribution in [0.3, 0.4) is 0 Å². The molecule has 0 amide bonds. The lowest BCUT2D eigenvalue weighted by molar-refractivity contribution is -0.401. The van der Waals surface area contributed by atoms with Crippen LogP contribution >= 0.6 is 0 Å². The van der Waals surface area contributed by atoms with Gasteiger partial charge in [-0.3, -0.25) is 0 Å². The summed E-state index contributed by atoms with van der Waals surface area (Å²) in [5, 5.41) is 5.33. The maximum absolute atomic E-state index is 2.63. The molecule has 2 aliphatic rings. The first-order valence-corrected chi connectivity index (χ1v) is 16.6. The fourth-order valence-corrected chi connectivity index (χ4v) is 8.13. The molecule has 1 atom stereocenters. The van der Waals surface area contributed by atoms with E-state index in [2.05, 4.69) is 172 Å². The molecular weight excluding hydrogens is 544 g/mol. The molecule has 1 unspecified atom stereocenters. The topological polar surface area (TPSA) is 6.25 Å². The number of rotatable bonds is 7. The van der Waals surface area contributed by atoms with E-state index in [0.29, 0.717) is 5.92 Å². The highest BCUT2D eigenvalue weighted by Crippen LogP contribution is 2.53. The summed E-state index contributed by atoms with van der Waals surface area (Å²) in [5.41, 5.74) is 9.32. The molecule has 2 aliphatic heterocycles. The molecule has 2 heterocycles. The first kappa shape index (κ1) is 29.3. The van der Waals surface area contributed by atoms with E-state index in [9.17, 15) is 0 Å². The first-order valence-electron chi connectivity index (χ1n) is 16.6. The second-order valence-corrected chi connectivity index (χ2v) is 14.2. The van der Waals surface area contributed by atoms with Crippen molar-refractivity contribution >= 4 is 38.6 Å². The van der Waals surface area contributed by atoms with Crippen LogP contribution in [0.15, 0.2) is 127 Å². The summed E-state index contributed by atoms with van der Waals surface area (Å²) in [5.74, 6) is 0.628. The van der Waals surface area contributed by atoms with Crippen molar-refractivity contribution in [3.05, 3.63) is 144 Å². The Kier molecular flexibility index (Phi) is 7.28. The summed E-state index contributed by atoms with van der Waals surface area (Å²) in [6.07, 6.45) is 9.22. The average Bonchev–Trinajstić information content (AvgIpc) is 3.39. The molecule has 5 aromatic carbocycles. The van der Waals surface area contributed by atoms with Gasteiger partial charge in [-0.25, -0.2) is 0 Å². The third-order valence-corrected chi connectivity index (χ3v) is 10.3. The summed E-state index contributed by atoms with van der Waals surface area (Å²) in [6, 6.07) is 38.0. The third kappa shape index (κ3) is 4.83. The van der Waals surface area contributed by atoms with Gasteiger partial charge in [0.2, 0.25) is 5.69 Å². The SMILES string of the molecule is CC(C)CCN1C(=CC=CC2=[N+](C)c3ccc4ccccc4c3C2(C)C)C(C)(Cc2ccccc2)c2c1ccc1ccccc21. The van der Waals surface area contributed by atoms with E-state index < -0.39 is 0 Å². The van der Waals surface area contributed by atoms with Gasteiger partial charge in [0.05, 0.1) is 5.41 Å². The zero-order chi connectivity index (χ0) is 31.3. The maximum atomic E-state index is 2.63. The number of fused-ring (bicyclic) bond motifs is 6. The minimum atomic E-state index is -0.181. The van der Waals surface area contributed by atoms with Crippen molar-refractivity contribution in [1.29, 1.82) is 0 Å². The molecule has 45 heavy (non-hydrogen) atoms. The van der Waals surface area contributed by atoms with Crippen LogP contribution in [0.4, 0.5) is 11.4 Å². The Hall–Kier alpha value is -4.43. The van der Waals surface area contributed by atoms with E-state index in [-0.39, 0.29) is 10.8 Å². The zero-order valence-electron chi connectivity index (χ0n) is 27.6. The van der Waals surface area contributed by atoms with E-state index in [1.807, 2.05) is 0 Å². The number of benzene rings is 5. The van der Waals surface area contributed by atoms with Crippen LogP contribution < -0.4 is 4.90 Å². The highest BCUT2D eigenvalue weighted by molar-refractivity contribution is 6.07. The zero-order valence-corrected chi connectivity index (χ0v) is 27.6. The van der Waals surface area contributed by atoms with Crippen LogP contribution in [0, 0.1) is 5.92 Å². The van der Waals surface area contributed by atoms with E-state index in [0.717, 1.165) is 19.4 Å². The molecule has 5 aromatic rings. The fourth-order valence-electron chi connectivity index (χ4n) is 8.13. The van der Waals surface area contributed by atoms with Crippen molar-refractivity contribution in [2.24, 2.45) is 5.92 Å². The smallest absolute Gasteiger partial charge is 0.210 e. The molecule has 226 valence electrons. The number of anilines is 1. The summed E-state index contributed by atoms with van der Waals surface area (Å²) in [4.78, 5) is 2.63. The Morgan fingerprint density at radius 3 is 2.04 bits per heavy atom. The van der Waals surface area contributed by atoms with Gasteiger partial charge in [-0.2, -0.15) is 4.58 Å². The monoisotopic (exact) mass is 589 g/mol. The fraction of sp³-hybridized carbons (Fsp3) is 0.279. The number of hydrogen-bond acceptors (Lipinski definition) is 1. The number of hydrogen-bond donors (Lipinski definition) is 0. The lowest BCUT2D eigenvalue weighted by atomic mass is 9.74. The third-order valence-electron chi connectivity index (χ3n) is 10.3. The van der Waals surface area contributed by atoms with Gasteiger partial charge in [0.1, 0.15) is 7.05 Å². The lowest BCUT2D eigenvalue weighted by Gasteiger charge is -2.31. The molecule has 0 saturated carbocycles. The first-order chi connectivity index (χ1) is 21.7. The van der Waals surface area contributed by atoms with Gasteiger partial charge in [-0.15, -0.1) is 0 Å². The lowest BCUT2D eigenvalue weighted by Crippen LogP contribution is -2.31. The predicted molar refractivity (Wildman–Crippen MR) is 193 cm³/mol. The summed E-state index contributed by atoms with van der Waals surface area (Å²) in [7, 11) is 2.22. The van der Waals surface area contributed by atoms with E-state index in [1.165, 1.54) is 61.0 Å². The molecule has 0 saturated heterocycles. The van der Waals surface area contributed by atoms with Gasteiger partial charge in [-0.05, 0) is 90.4 Å². The van der Waals surface area contributed by atoms with Crippen LogP contribution in [0.1, 0.15) is 57.7 Å². The average molecular weight is 590 g/mol. The molecule has 2 nitrogen and oxygen atoms in total. The van der Waals surface area contributed by atoms with Crippen molar-refractivity contribution < 1.29 is 4.58 Å². The summed E-state index contributed by atoms with van der Waals surface area (Å²) >= 11 is 0. The molecule has 0 aliphatic carbocycles. The van der Waals surface area contributed by atoms with Crippen LogP contribution in [0.25, 0.3) is 21.5 Å². The highest BCUT2D eigenvalue weighted by Gasteiger charge is 2.46. The predicted octanol–water partition coefficient (Wildman–Crippen LogP) is 10.5. The second kappa shape index (κ2) is 11.2. The number of allylic oxidation sites excluding steroid dienone is 4. The minimum absolute atomic E-state index is 0.112. The molecule has 0 fully saturated rings.